The van der Waals surface area contributed by atoms with Gasteiger partial charge in [-0.25, -0.2) is 9.07 Å². The summed E-state index contributed by atoms with van der Waals surface area (Å²) in [5, 5.41) is 5.38. The summed E-state index contributed by atoms with van der Waals surface area (Å²) in [7, 11) is 1.74. The first-order valence-corrected chi connectivity index (χ1v) is 10.6. The minimum Gasteiger partial charge on any atom is -0.326 e. The van der Waals surface area contributed by atoms with Crippen molar-refractivity contribution in [3.8, 4) is 5.69 Å². The maximum absolute atomic E-state index is 13.8. The molecule has 0 saturated carbocycles. The molecule has 2 amide bonds. The number of benzene rings is 3. The fourth-order valence-corrected chi connectivity index (χ4v) is 3.66. The van der Waals surface area contributed by atoms with Crippen LogP contribution in [0.25, 0.3) is 5.69 Å². The highest BCUT2D eigenvalue weighted by Gasteiger charge is 2.19. The fourth-order valence-electron chi connectivity index (χ4n) is 3.66. The zero-order valence-electron chi connectivity index (χ0n) is 18.7. The van der Waals surface area contributed by atoms with Crippen LogP contribution in [0.5, 0.6) is 0 Å². The van der Waals surface area contributed by atoms with E-state index in [0.717, 1.165) is 0 Å². The smallest absolute Gasteiger partial charge is 0.295 e. The van der Waals surface area contributed by atoms with Gasteiger partial charge in [-0.15, -0.1) is 0 Å². The van der Waals surface area contributed by atoms with Crippen molar-refractivity contribution in [1.82, 2.24) is 9.36 Å². The van der Waals surface area contributed by atoms with Crippen LogP contribution in [-0.4, -0.2) is 21.2 Å². The van der Waals surface area contributed by atoms with Crippen molar-refractivity contribution in [1.29, 1.82) is 0 Å². The highest BCUT2D eigenvalue weighted by molar-refractivity contribution is 6.05. The number of nitrogens with one attached hydrogen (secondary N) is 2. The lowest BCUT2D eigenvalue weighted by Crippen LogP contribution is -2.23. The number of anilines is 2. The lowest BCUT2D eigenvalue weighted by molar-refractivity contribution is -0.115. The van der Waals surface area contributed by atoms with Gasteiger partial charge in [0, 0.05) is 18.3 Å². The van der Waals surface area contributed by atoms with Gasteiger partial charge in [-0.2, -0.15) is 0 Å². The van der Waals surface area contributed by atoms with Gasteiger partial charge < -0.3 is 10.6 Å². The van der Waals surface area contributed by atoms with Gasteiger partial charge in [0.15, 0.2) is 0 Å². The van der Waals surface area contributed by atoms with Crippen LogP contribution in [0.15, 0.2) is 83.7 Å². The summed E-state index contributed by atoms with van der Waals surface area (Å²) in [5.41, 5.74) is 2.02. The fraction of sp³-hybridized carbons (Fsp3) is 0.115. The van der Waals surface area contributed by atoms with Gasteiger partial charge in [0.1, 0.15) is 11.5 Å². The molecule has 0 saturated heterocycles. The second-order valence-electron chi connectivity index (χ2n) is 7.79. The van der Waals surface area contributed by atoms with Gasteiger partial charge in [-0.05, 0) is 48.9 Å². The number of para-hydroxylation sites is 1. The molecular weight excluding hydrogens is 435 g/mol. The second-order valence-corrected chi connectivity index (χ2v) is 7.79. The molecule has 0 aliphatic carbocycles. The van der Waals surface area contributed by atoms with E-state index in [4.69, 9.17) is 0 Å². The van der Waals surface area contributed by atoms with Crippen molar-refractivity contribution >= 4 is 23.2 Å². The molecule has 34 heavy (non-hydrogen) atoms. The number of hydrogen-bond acceptors (Lipinski definition) is 3. The largest absolute Gasteiger partial charge is 0.326 e. The van der Waals surface area contributed by atoms with Crippen molar-refractivity contribution in [3.63, 3.8) is 0 Å². The number of carbonyl (C=O) groups excluding carboxylic acids is 2. The van der Waals surface area contributed by atoms with Crippen LogP contribution < -0.4 is 16.2 Å². The van der Waals surface area contributed by atoms with Crippen LogP contribution in [-0.2, 0) is 18.3 Å². The Morgan fingerprint density at radius 1 is 0.912 bits per heavy atom. The Balaban J connectivity index is 1.52. The molecule has 2 N–H and O–H groups in total. The number of halogens is 1. The molecule has 0 radical (unpaired) electrons. The van der Waals surface area contributed by atoms with E-state index >= 15 is 0 Å². The number of nitrogens with zero attached hydrogens (tertiary/aromatic N) is 2. The van der Waals surface area contributed by atoms with Crippen molar-refractivity contribution < 1.29 is 14.0 Å². The maximum Gasteiger partial charge on any atom is 0.295 e. The lowest BCUT2D eigenvalue weighted by Gasteiger charge is -2.09. The monoisotopic (exact) mass is 458 g/mol. The normalized spacial score (nSPS) is 10.7. The molecule has 7 nitrogen and oxygen atoms in total. The van der Waals surface area contributed by atoms with E-state index in [9.17, 15) is 18.8 Å². The SMILES string of the molecule is Cc1c(NC(=O)c2cccc(NC(=O)Cc3ccccc3F)c2)c(=O)n(-c2ccccc2)n1C. The maximum atomic E-state index is 13.8. The average Bonchev–Trinajstić information content (AvgIpc) is 3.04. The molecule has 0 aliphatic rings. The number of amides is 2. The van der Waals surface area contributed by atoms with E-state index in [2.05, 4.69) is 10.6 Å². The summed E-state index contributed by atoms with van der Waals surface area (Å²) < 4.78 is 17.0. The Labute approximate surface area is 195 Å². The van der Waals surface area contributed by atoms with E-state index in [1.54, 1.807) is 67.2 Å². The molecule has 1 aromatic heterocycles. The lowest BCUT2D eigenvalue weighted by atomic mass is 10.1. The van der Waals surface area contributed by atoms with Gasteiger partial charge >= 0.3 is 0 Å². The highest BCUT2D eigenvalue weighted by Crippen LogP contribution is 2.17. The number of rotatable bonds is 6. The molecule has 8 heteroatoms. The first kappa shape index (κ1) is 22.7. The number of hydrogen-bond donors (Lipinski definition) is 2. The topological polar surface area (TPSA) is 85.1 Å². The van der Waals surface area contributed by atoms with Crippen LogP contribution in [0.3, 0.4) is 0 Å². The van der Waals surface area contributed by atoms with Gasteiger partial charge in [-0.1, -0.05) is 42.5 Å². The Hall–Kier alpha value is -4.46. The molecule has 0 bridgehead atoms. The predicted molar refractivity (Wildman–Crippen MR) is 129 cm³/mol. The molecular formula is C26H23FN4O3. The standard InChI is InChI=1S/C26H23FN4O3/c1-17-24(26(34)31(30(17)2)21-12-4-3-5-13-21)29-25(33)19-10-8-11-20(15-19)28-23(32)16-18-9-6-7-14-22(18)27/h3-15H,16H2,1-2H3,(H,28,32)(H,29,33). The van der Waals surface area contributed by atoms with Crippen LogP contribution in [0.4, 0.5) is 15.8 Å². The van der Waals surface area contributed by atoms with Gasteiger partial charge in [0.05, 0.1) is 17.8 Å². The van der Waals surface area contributed by atoms with Gasteiger partial charge in [-0.3, -0.25) is 19.1 Å². The predicted octanol–water partition coefficient (Wildman–Crippen LogP) is 4.06. The van der Waals surface area contributed by atoms with Gasteiger partial charge in [0.2, 0.25) is 5.91 Å². The van der Waals surface area contributed by atoms with Crippen LogP contribution >= 0.6 is 0 Å². The van der Waals surface area contributed by atoms with E-state index in [1.165, 1.54) is 16.8 Å². The quantitative estimate of drug-likeness (QED) is 0.457. The summed E-state index contributed by atoms with van der Waals surface area (Å²) in [6.07, 6.45) is -0.134. The molecule has 1 heterocycles. The molecule has 0 spiro atoms. The molecule has 4 rings (SSSR count). The Kier molecular flexibility index (Phi) is 6.40. The Bertz CT molecular complexity index is 1420. The van der Waals surface area contributed by atoms with Crippen molar-refractivity contribution in [2.75, 3.05) is 10.6 Å². The van der Waals surface area contributed by atoms with E-state index in [-0.39, 0.29) is 28.8 Å². The zero-order chi connectivity index (χ0) is 24.2. The summed E-state index contributed by atoms with van der Waals surface area (Å²) in [6, 6.07) is 21.5. The molecule has 0 aliphatic heterocycles. The zero-order valence-corrected chi connectivity index (χ0v) is 18.7. The van der Waals surface area contributed by atoms with Crippen LogP contribution in [0, 0.1) is 12.7 Å². The first-order chi connectivity index (χ1) is 16.3. The third-order valence-electron chi connectivity index (χ3n) is 5.51. The summed E-state index contributed by atoms with van der Waals surface area (Å²) in [4.78, 5) is 38.3. The third-order valence-corrected chi connectivity index (χ3v) is 5.51. The van der Waals surface area contributed by atoms with Crippen LogP contribution in [0.1, 0.15) is 21.6 Å². The minimum absolute atomic E-state index is 0.134. The Morgan fingerprint density at radius 2 is 1.62 bits per heavy atom. The Morgan fingerprint density at radius 3 is 2.35 bits per heavy atom. The number of aromatic nitrogens is 2. The van der Waals surface area contributed by atoms with Crippen molar-refractivity contribution in [2.45, 2.75) is 13.3 Å². The molecule has 172 valence electrons. The second kappa shape index (κ2) is 9.58. The molecule has 0 atom stereocenters. The highest BCUT2D eigenvalue weighted by atomic mass is 19.1. The van der Waals surface area contributed by atoms with Gasteiger partial charge in [0.25, 0.3) is 11.5 Å². The van der Waals surface area contributed by atoms with Crippen molar-refractivity contribution in [3.05, 3.63) is 112 Å². The molecule has 0 fully saturated rings. The van der Waals surface area contributed by atoms with E-state index in [1.807, 2.05) is 18.2 Å². The number of carbonyl (C=O) groups is 2. The summed E-state index contributed by atoms with van der Waals surface area (Å²) in [5.74, 6) is -1.35. The average molecular weight is 458 g/mol. The molecule has 4 aromatic rings. The summed E-state index contributed by atoms with van der Waals surface area (Å²) in [6.45, 7) is 1.75. The molecule has 3 aromatic carbocycles. The minimum atomic E-state index is -0.490. The van der Waals surface area contributed by atoms with Crippen molar-refractivity contribution in [2.24, 2.45) is 7.05 Å². The third kappa shape index (κ3) is 4.66. The van der Waals surface area contributed by atoms with Crippen LogP contribution in [0.2, 0.25) is 0 Å². The molecule has 0 unspecified atom stereocenters. The summed E-state index contributed by atoms with van der Waals surface area (Å²) >= 11 is 0. The van der Waals surface area contributed by atoms with E-state index in [0.29, 0.717) is 17.1 Å². The first-order valence-electron chi connectivity index (χ1n) is 10.6. The van der Waals surface area contributed by atoms with E-state index < -0.39 is 17.6 Å².